The zero-order chi connectivity index (χ0) is 12.4. The van der Waals surface area contributed by atoms with E-state index in [0.29, 0.717) is 11.3 Å². The quantitative estimate of drug-likeness (QED) is 0.830. The summed E-state index contributed by atoms with van der Waals surface area (Å²) in [4.78, 5) is 16.0. The monoisotopic (exact) mass is 230 g/mol. The molecule has 5 heteroatoms. The topological polar surface area (TPSA) is 73.8 Å². The van der Waals surface area contributed by atoms with Crippen molar-refractivity contribution in [3.8, 4) is 11.4 Å². The van der Waals surface area contributed by atoms with Crippen molar-refractivity contribution < 1.29 is 0 Å². The molecule has 2 heterocycles. The number of aromatic nitrogens is 3. The van der Waals surface area contributed by atoms with E-state index < -0.39 is 0 Å². The average molecular weight is 230 g/mol. The molecule has 2 aromatic heterocycles. The van der Waals surface area contributed by atoms with Crippen molar-refractivity contribution in [3.05, 3.63) is 46.4 Å². The average Bonchev–Trinajstić information content (AvgIpc) is 2.33. The van der Waals surface area contributed by atoms with Crippen LogP contribution in [0.1, 0.15) is 18.5 Å². The zero-order valence-electron chi connectivity index (χ0n) is 9.79. The Morgan fingerprint density at radius 2 is 2.12 bits per heavy atom. The second-order valence-corrected chi connectivity index (χ2v) is 3.92. The van der Waals surface area contributed by atoms with E-state index in [-0.39, 0.29) is 11.6 Å². The minimum Gasteiger partial charge on any atom is -0.324 e. The van der Waals surface area contributed by atoms with Crippen LogP contribution >= 0.6 is 0 Å². The molecular weight excluding hydrogens is 216 g/mol. The van der Waals surface area contributed by atoms with E-state index in [2.05, 4.69) is 10.1 Å². The van der Waals surface area contributed by atoms with E-state index in [9.17, 15) is 4.79 Å². The van der Waals surface area contributed by atoms with Gasteiger partial charge in [-0.3, -0.25) is 9.78 Å². The van der Waals surface area contributed by atoms with Crippen molar-refractivity contribution >= 4 is 0 Å². The van der Waals surface area contributed by atoms with Gasteiger partial charge in [0.05, 0.1) is 5.69 Å². The van der Waals surface area contributed by atoms with Gasteiger partial charge in [0.2, 0.25) is 0 Å². The lowest BCUT2D eigenvalue weighted by molar-refractivity contribution is 0.674. The Hall–Kier alpha value is -2.01. The molecule has 0 fully saturated rings. The molecule has 0 saturated heterocycles. The fourth-order valence-corrected chi connectivity index (χ4v) is 1.60. The second-order valence-electron chi connectivity index (χ2n) is 3.92. The fourth-order valence-electron chi connectivity index (χ4n) is 1.60. The van der Waals surface area contributed by atoms with Gasteiger partial charge in [0.25, 0.3) is 5.56 Å². The van der Waals surface area contributed by atoms with Crippen molar-refractivity contribution in [2.75, 3.05) is 0 Å². The van der Waals surface area contributed by atoms with Gasteiger partial charge in [-0.1, -0.05) is 6.07 Å². The summed E-state index contributed by atoms with van der Waals surface area (Å²) in [5, 5.41) is 4.17. The Bertz CT molecular complexity index is 575. The van der Waals surface area contributed by atoms with Gasteiger partial charge in [0.15, 0.2) is 0 Å². The molecule has 88 valence electrons. The van der Waals surface area contributed by atoms with Crippen LogP contribution in [0.25, 0.3) is 11.4 Å². The first-order valence-electron chi connectivity index (χ1n) is 5.35. The molecule has 0 aliphatic carbocycles. The Labute approximate surface area is 98.9 Å². The van der Waals surface area contributed by atoms with Crippen LogP contribution in [0.4, 0.5) is 0 Å². The lowest BCUT2D eigenvalue weighted by Crippen LogP contribution is -2.27. The van der Waals surface area contributed by atoms with Crippen LogP contribution in [-0.2, 0) is 7.05 Å². The molecule has 0 bridgehead atoms. The van der Waals surface area contributed by atoms with Gasteiger partial charge in [-0.05, 0) is 25.1 Å². The van der Waals surface area contributed by atoms with Crippen molar-refractivity contribution in [1.82, 2.24) is 14.8 Å². The summed E-state index contributed by atoms with van der Waals surface area (Å²) in [6.07, 6.45) is 1.69. The highest BCUT2D eigenvalue weighted by Crippen LogP contribution is 2.14. The third kappa shape index (κ3) is 2.24. The number of hydrogen-bond donors (Lipinski definition) is 1. The normalized spacial score (nSPS) is 12.4. The number of nitrogens with zero attached hydrogens (tertiary/aromatic N) is 3. The van der Waals surface area contributed by atoms with Crippen molar-refractivity contribution in [2.24, 2.45) is 12.8 Å². The predicted molar refractivity (Wildman–Crippen MR) is 65.3 cm³/mol. The number of nitrogens with two attached hydrogens (primary N) is 1. The minimum atomic E-state index is -0.320. The molecule has 17 heavy (non-hydrogen) atoms. The van der Waals surface area contributed by atoms with Crippen LogP contribution in [0, 0.1) is 0 Å². The molecule has 2 aromatic rings. The molecule has 1 unspecified atom stereocenters. The van der Waals surface area contributed by atoms with E-state index >= 15 is 0 Å². The van der Waals surface area contributed by atoms with Crippen molar-refractivity contribution in [3.63, 3.8) is 0 Å². The SMILES string of the molecule is CC(N)c1cc(-c2ccccn2)nn(C)c1=O. The molecule has 0 radical (unpaired) electrons. The second kappa shape index (κ2) is 4.47. The molecule has 0 aromatic carbocycles. The van der Waals surface area contributed by atoms with Crippen LogP contribution in [0.15, 0.2) is 35.3 Å². The first-order chi connectivity index (χ1) is 8.09. The highest BCUT2D eigenvalue weighted by Gasteiger charge is 2.11. The van der Waals surface area contributed by atoms with E-state index in [1.807, 2.05) is 18.2 Å². The number of pyridine rings is 1. The van der Waals surface area contributed by atoms with Crippen LogP contribution in [0.5, 0.6) is 0 Å². The first-order valence-corrected chi connectivity index (χ1v) is 5.35. The maximum Gasteiger partial charge on any atom is 0.271 e. The molecule has 0 spiro atoms. The van der Waals surface area contributed by atoms with Gasteiger partial charge in [-0.2, -0.15) is 5.10 Å². The molecule has 1 atom stereocenters. The number of rotatable bonds is 2. The first kappa shape index (κ1) is 11.5. The lowest BCUT2D eigenvalue weighted by atomic mass is 10.1. The van der Waals surface area contributed by atoms with Crippen molar-refractivity contribution in [1.29, 1.82) is 0 Å². The molecule has 2 N–H and O–H groups in total. The highest BCUT2D eigenvalue weighted by atomic mass is 16.1. The van der Waals surface area contributed by atoms with Gasteiger partial charge in [-0.15, -0.1) is 0 Å². The van der Waals surface area contributed by atoms with Crippen molar-refractivity contribution in [2.45, 2.75) is 13.0 Å². The standard InChI is InChI=1S/C12H14N4O/c1-8(13)9-7-11(15-16(2)12(9)17)10-5-3-4-6-14-10/h3-8H,13H2,1-2H3. The summed E-state index contributed by atoms with van der Waals surface area (Å²) in [5.41, 5.74) is 7.53. The van der Waals surface area contributed by atoms with Crippen LogP contribution in [-0.4, -0.2) is 14.8 Å². The Kier molecular flexibility index (Phi) is 3.01. The lowest BCUT2D eigenvalue weighted by Gasteiger charge is -2.09. The summed E-state index contributed by atoms with van der Waals surface area (Å²) in [6.45, 7) is 1.78. The van der Waals surface area contributed by atoms with E-state index in [1.165, 1.54) is 4.68 Å². The smallest absolute Gasteiger partial charge is 0.271 e. The van der Waals surface area contributed by atoms with E-state index in [0.717, 1.165) is 5.69 Å². The molecular formula is C12H14N4O. The largest absolute Gasteiger partial charge is 0.324 e. The van der Waals surface area contributed by atoms with Gasteiger partial charge in [-0.25, -0.2) is 4.68 Å². The number of hydrogen-bond acceptors (Lipinski definition) is 4. The van der Waals surface area contributed by atoms with Gasteiger partial charge < -0.3 is 5.73 Å². The third-order valence-corrected chi connectivity index (χ3v) is 2.51. The van der Waals surface area contributed by atoms with Gasteiger partial charge >= 0.3 is 0 Å². The Morgan fingerprint density at radius 3 is 2.71 bits per heavy atom. The molecule has 0 amide bonds. The summed E-state index contributed by atoms with van der Waals surface area (Å²) in [7, 11) is 1.61. The summed E-state index contributed by atoms with van der Waals surface area (Å²) in [6, 6.07) is 6.94. The maximum absolute atomic E-state index is 11.8. The summed E-state index contributed by atoms with van der Waals surface area (Å²) < 4.78 is 1.29. The molecule has 0 aliphatic rings. The minimum absolute atomic E-state index is 0.167. The van der Waals surface area contributed by atoms with Gasteiger partial charge in [0, 0.05) is 24.8 Å². The summed E-state index contributed by atoms with van der Waals surface area (Å²) in [5.74, 6) is 0. The fraction of sp³-hybridized carbons (Fsp3) is 0.250. The molecule has 2 rings (SSSR count). The molecule has 5 nitrogen and oxygen atoms in total. The highest BCUT2D eigenvalue weighted by molar-refractivity contribution is 5.53. The van der Waals surface area contributed by atoms with Crippen LogP contribution in [0.3, 0.4) is 0 Å². The maximum atomic E-state index is 11.8. The number of aryl methyl sites for hydroxylation is 1. The summed E-state index contributed by atoms with van der Waals surface area (Å²) >= 11 is 0. The predicted octanol–water partition coefficient (Wildman–Crippen LogP) is 0.862. The van der Waals surface area contributed by atoms with Gasteiger partial charge in [0.1, 0.15) is 5.69 Å². The van der Waals surface area contributed by atoms with E-state index in [1.54, 1.807) is 26.2 Å². The van der Waals surface area contributed by atoms with E-state index in [4.69, 9.17) is 5.73 Å². The third-order valence-electron chi connectivity index (χ3n) is 2.51. The Balaban J connectivity index is 2.62. The van der Waals surface area contributed by atoms with Crippen LogP contribution in [0.2, 0.25) is 0 Å². The van der Waals surface area contributed by atoms with Crippen LogP contribution < -0.4 is 11.3 Å². The molecule has 0 aliphatic heterocycles. The zero-order valence-corrected chi connectivity index (χ0v) is 9.79. The Morgan fingerprint density at radius 1 is 1.35 bits per heavy atom. The molecule has 0 saturated carbocycles.